The summed E-state index contributed by atoms with van der Waals surface area (Å²) in [6.45, 7) is 0.296. The van der Waals surface area contributed by atoms with Gasteiger partial charge in [0.2, 0.25) is 0 Å². The third kappa shape index (κ3) is 2.94. The van der Waals surface area contributed by atoms with E-state index < -0.39 is 0 Å². The summed E-state index contributed by atoms with van der Waals surface area (Å²) in [6, 6.07) is 17.5. The van der Waals surface area contributed by atoms with E-state index in [9.17, 15) is 4.79 Å². The Morgan fingerprint density at radius 3 is 2.62 bits per heavy atom. The first kappa shape index (κ1) is 13.4. The molecule has 1 heterocycles. The zero-order chi connectivity index (χ0) is 14.7. The first-order valence-corrected chi connectivity index (χ1v) is 6.84. The predicted molar refractivity (Wildman–Crippen MR) is 80.7 cm³/mol. The van der Waals surface area contributed by atoms with Gasteiger partial charge in [-0.15, -0.1) is 0 Å². The lowest BCUT2D eigenvalue weighted by Crippen LogP contribution is -2.09. The molecule has 0 aliphatic heterocycles. The zero-order valence-corrected chi connectivity index (χ0v) is 11.8. The first-order chi connectivity index (χ1) is 10.2. The largest absolute Gasteiger partial charge is 0.461 e. The normalized spacial score (nSPS) is 10.7. The van der Waals surface area contributed by atoms with Crippen LogP contribution in [-0.4, -0.2) is 15.7 Å². The predicted octanol–water partition coefficient (Wildman–Crippen LogP) is 2.86. The highest BCUT2D eigenvalue weighted by Gasteiger charge is 2.13. The Labute approximate surface area is 123 Å². The maximum absolute atomic E-state index is 12.0. The second-order valence-corrected chi connectivity index (χ2v) is 4.91. The molecule has 0 saturated carbocycles. The third-order valence-electron chi connectivity index (χ3n) is 3.39. The van der Waals surface area contributed by atoms with Crippen molar-refractivity contribution in [3.8, 4) is 0 Å². The molecular weight excluding hydrogens is 264 g/mol. The van der Waals surface area contributed by atoms with Gasteiger partial charge in [0, 0.05) is 12.4 Å². The molecule has 0 atom stereocenters. The van der Waals surface area contributed by atoms with Crippen LogP contribution in [-0.2, 0) is 29.6 Å². The van der Waals surface area contributed by atoms with Gasteiger partial charge in [-0.2, -0.15) is 5.10 Å². The number of hydrogen-bond donors (Lipinski definition) is 0. The number of aromatic nitrogens is 2. The number of fused-ring (bicyclic) bond motifs is 1. The Balaban J connectivity index is 1.69. The first-order valence-electron chi connectivity index (χ1n) is 6.84. The molecule has 0 aliphatic rings. The van der Waals surface area contributed by atoms with E-state index in [1.54, 1.807) is 4.68 Å². The number of aryl methyl sites for hydroxylation is 1. The van der Waals surface area contributed by atoms with Crippen LogP contribution < -0.4 is 0 Å². The average Bonchev–Trinajstić information content (AvgIpc) is 2.83. The minimum atomic E-state index is -0.261. The van der Waals surface area contributed by atoms with E-state index in [-0.39, 0.29) is 12.4 Å². The number of para-hydroxylation sites is 1. The van der Waals surface area contributed by atoms with E-state index in [0.29, 0.717) is 6.61 Å². The van der Waals surface area contributed by atoms with Crippen molar-refractivity contribution in [2.75, 3.05) is 0 Å². The fourth-order valence-electron chi connectivity index (χ4n) is 2.35. The summed E-state index contributed by atoms with van der Waals surface area (Å²) in [5.41, 5.74) is 2.76. The highest BCUT2D eigenvalue weighted by Crippen LogP contribution is 2.18. The van der Waals surface area contributed by atoms with E-state index in [0.717, 1.165) is 22.2 Å². The van der Waals surface area contributed by atoms with E-state index >= 15 is 0 Å². The summed E-state index contributed by atoms with van der Waals surface area (Å²) < 4.78 is 7.09. The molecule has 0 amide bonds. The number of carbonyl (C=O) groups excluding carboxylic acids is 1. The number of hydrogen-bond acceptors (Lipinski definition) is 3. The smallest absolute Gasteiger partial charge is 0.312 e. The molecule has 0 N–H and O–H groups in total. The summed E-state index contributed by atoms with van der Waals surface area (Å²) >= 11 is 0. The number of ether oxygens (including phenoxy) is 1. The number of rotatable bonds is 4. The quantitative estimate of drug-likeness (QED) is 0.690. The lowest BCUT2D eigenvalue weighted by Gasteiger charge is -2.03. The summed E-state index contributed by atoms with van der Waals surface area (Å²) in [5.74, 6) is -0.261. The van der Waals surface area contributed by atoms with Gasteiger partial charge in [0.1, 0.15) is 6.61 Å². The Kier molecular flexibility index (Phi) is 3.69. The van der Waals surface area contributed by atoms with Gasteiger partial charge in [0.25, 0.3) is 0 Å². The van der Waals surface area contributed by atoms with Crippen LogP contribution in [0.2, 0.25) is 0 Å². The molecule has 0 aliphatic carbocycles. The zero-order valence-electron chi connectivity index (χ0n) is 11.8. The number of esters is 1. The van der Waals surface area contributed by atoms with Gasteiger partial charge < -0.3 is 4.74 Å². The van der Waals surface area contributed by atoms with Gasteiger partial charge in [-0.25, -0.2) is 0 Å². The third-order valence-corrected chi connectivity index (χ3v) is 3.39. The van der Waals surface area contributed by atoms with Gasteiger partial charge in [-0.3, -0.25) is 9.48 Å². The Morgan fingerprint density at radius 2 is 1.81 bits per heavy atom. The standard InChI is InChI=1S/C17H16N2O2/c1-19-16-10-6-5-9-14(16)15(18-19)11-17(20)21-12-13-7-3-2-4-8-13/h2-10H,11-12H2,1H3. The van der Waals surface area contributed by atoms with Gasteiger partial charge in [-0.1, -0.05) is 48.5 Å². The molecule has 0 bridgehead atoms. The minimum Gasteiger partial charge on any atom is -0.461 e. The fraction of sp³-hybridized carbons (Fsp3) is 0.176. The van der Waals surface area contributed by atoms with Crippen LogP contribution in [0.15, 0.2) is 54.6 Å². The molecule has 4 heteroatoms. The van der Waals surface area contributed by atoms with Crippen molar-refractivity contribution in [2.24, 2.45) is 7.05 Å². The summed E-state index contributed by atoms with van der Waals surface area (Å²) in [6.07, 6.45) is 0.189. The second-order valence-electron chi connectivity index (χ2n) is 4.91. The lowest BCUT2D eigenvalue weighted by atomic mass is 10.2. The average molecular weight is 280 g/mol. The van der Waals surface area contributed by atoms with Crippen LogP contribution >= 0.6 is 0 Å². The molecule has 3 rings (SSSR count). The monoisotopic (exact) mass is 280 g/mol. The molecule has 0 unspecified atom stereocenters. The molecular formula is C17H16N2O2. The van der Waals surface area contributed by atoms with Crippen LogP contribution in [0.3, 0.4) is 0 Å². The Morgan fingerprint density at radius 1 is 1.10 bits per heavy atom. The Hall–Kier alpha value is -2.62. The molecule has 3 aromatic rings. The van der Waals surface area contributed by atoms with E-state index in [1.165, 1.54) is 0 Å². The number of benzene rings is 2. The number of carbonyl (C=O) groups is 1. The van der Waals surface area contributed by atoms with Crippen LogP contribution in [0.25, 0.3) is 10.9 Å². The molecule has 21 heavy (non-hydrogen) atoms. The van der Waals surface area contributed by atoms with Crippen LogP contribution in [0, 0.1) is 0 Å². The Bertz CT molecular complexity index is 763. The second kappa shape index (κ2) is 5.79. The van der Waals surface area contributed by atoms with E-state index in [2.05, 4.69) is 5.10 Å². The van der Waals surface area contributed by atoms with E-state index in [1.807, 2.05) is 61.6 Å². The molecule has 106 valence electrons. The maximum atomic E-state index is 12.0. The fourth-order valence-corrected chi connectivity index (χ4v) is 2.35. The van der Waals surface area contributed by atoms with Gasteiger partial charge >= 0.3 is 5.97 Å². The molecule has 2 aromatic carbocycles. The number of nitrogens with zero attached hydrogens (tertiary/aromatic N) is 2. The van der Waals surface area contributed by atoms with Gasteiger partial charge in [-0.05, 0) is 11.6 Å². The van der Waals surface area contributed by atoms with Gasteiger partial charge in [0.15, 0.2) is 0 Å². The summed E-state index contributed by atoms with van der Waals surface area (Å²) in [4.78, 5) is 12.0. The van der Waals surface area contributed by atoms with Crippen molar-refractivity contribution in [1.82, 2.24) is 9.78 Å². The summed E-state index contributed by atoms with van der Waals surface area (Å²) in [7, 11) is 1.88. The maximum Gasteiger partial charge on any atom is 0.312 e. The molecule has 0 radical (unpaired) electrons. The van der Waals surface area contributed by atoms with Crippen molar-refractivity contribution in [3.05, 3.63) is 65.9 Å². The van der Waals surface area contributed by atoms with Gasteiger partial charge in [0.05, 0.1) is 17.6 Å². The highest BCUT2D eigenvalue weighted by molar-refractivity contribution is 5.85. The molecule has 4 nitrogen and oxygen atoms in total. The van der Waals surface area contributed by atoms with E-state index in [4.69, 9.17) is 4.74 Å². The van der Waals surface area contributed by atoms with Crippen molar-refractivity contribution in [1.29, 1.82) is 0 Å². The SMILES string of the molecule is Cn1nc(CC(=O)OCc2ccccc2)c2ccccc21. The minimum absolute atomic E-state index is 0.189. The van der Waals surface area contributed by atoms with Crippen molar-refractivity contribution < 1.29 is 9.53 Å². The lowest BCUT2D eigenvalue weighted by molar-refractivity contribution is -0.144. The topological polar surface area (TPSA) is 44.1 Å². The highest BCUT2D eigenvalue weighted by atomic mass is 16.5. The van der Waals surface area contributed by atoms with Crippen LogP contribution in [0.5, 0.6) is 0 Å². The summed E-state index contributed by atoms with van der Waals surface area (Å²) in [5, 5.41) is 5.40. The van der Waals surface area contributed by atoms with Crippen molar-refractivity contribution >= 4 is 16.9 Å². The van der Waals surface area contributed by atoms with Crippen LogP contribution in [0.4, 0.5) is 0 Å². The molecule has 0 fully saturated rings. The molecule has 1 aromatic heterocycles. The van der Waals surface area contributed by atoms with Crippen LogP contribution in [0.1, 0.15) is 11.3 Å². The molecule has 0 saturated heterocycles. The molecule has 0 spiro atoms. The van der Waals surface area contributed by atoms with Crippen molar-refractivity contribution in [2.45, 2.75) is 13.0 Å². The van der Waals surface area contributed by atoms with Crippen molar-refractivity contribution in [3.63, 3.8) is 0 Å².